The number of pyridine rings is 1. The van der Waals surface area contributed by atoms with E-state index in [0.717, 1.165) is 11.0 Å². The van der Waals surface area contributed by atoms with Gasteiger partial charge in [-0.3, -0.25) is 4.90 Å². The van der Waals surface area contributed by atoms with E-state index in [9.17, 15) is 17.6 Å². The molecule has 2 rings (SSSR count). The molecule has 1 heterocycles. The summed E-state index contributed by atoms with van der Waals surface area (Å²) in [6.07, 6.45) is -0.673. The summed E-state index contributed by atoms with van der Waals surface area (Å²) in [7, 11) is -2.34. The normalized spacial score (nSPS) is 11.9. The minimum atomic E-state index is -3.76. The average Bonchev–Trinajstić information content (AvgIpc) is 2.55. The van der Waals surface area contributed by atoms with Gasteiger partial charge < -0.3 is 4.74 Å². The van der Waals surface area contributed by atoms with Crippen molar-refractivity contribution in [1.82, 2.24) is 4.98 Å². The predicted octanol–water partition coefficient (Wildman–Crippen LogP) is 3.57. The minimum Gasteiger partial charge on any atom is -0.443 e. The van der Waals surface area contributed by atoms with Gasteiger partial charge in [0, 0.05) is 7.05 Å². The third-order valence-corrected chi connectivity index (χ3v) is 4.99. The zero-order chi connectivity index (χ0) is 19.5. The van der Waals surface area contributed by atoms with Crippen LogP contribution in [0.5, 0.6) is 0 Å². The molecule has 0 bridgehead atoms. The summed E-state index contributed by atoms with van der Waals surface area (Å²) in [5.74, 6) is -1.27. The van der Waals surface area contributed by atoms with Crippen molar-refractivity contribution in [2.75, 3.05) is 11.9 Å². The molecule has 1 amide bonds. The first-order valence-corrected chi connectivity index (χ1v) is 9.55. The Labute approximate surface area is 152 Å². The summed E-state index contributed by atoms with van der Waals surface area (Å²) in [6.45, 7) is 5.15. The minimum absolute atomic E-state index is 0.0760. The molecular weight excluding hydrogens is 359 g/mol. The van der Waals surface area contributed by atoms with Gasteiger partial charge in [-0.15, -0.1) is 0 Å². The van der Waals surface area contributed by atoms with Gasteiger partial charge in [0.25, 0.3) is 0 Å². The second-order valence-electron chi connectivity index (χ2n) is 6.71. The van der Waals surface area contributed by atoms with E-state index in [1.54, 1.807) is 39.0 Å². The molecule has 0 radical (unpaired) electrons. The molecule has 0 N–H and O–H groups in total. The highest BCUT2D eigenvalue weighted by atomic mass is 32.2. The fourth-order valence-corrected chi connectivity index (χ4v) is 3.38. The van der Waals surface area contributed by atoms with Crippen LogP contribution in [0.4, 0.5) is 15.0 Å². The number of carbonyl (C=O) groups excluding carboxylic acids is 1. The van der Waals surface area contributed by atoms with Crippen molar-refractivity contribution >= 4 is 21.7 Å². The topological polar surface area (TPSA) is 76.6 Å². The molecule has 1 aromatic heterocycles. The van der Waals surface area contributed by atoms with Crippen LogP contribution in [0.15, 0.2) is 47.4 Å². The first-order valence-electron chi connectivity index (χ1n) is 7.89. The summed E-state index contributed by atoms with van der Waals surface area (Å²) >= 11 is 0. The predicted molar refractivity (Wildman–Crippen MR) is 96.2 cm³/mol. The highest BCUT2D eigenvalue weighted by Gasteiger charge is 2.24. The maximum atomic E-state index is 14.1. The molecule has 6 nitrogen and oxygen atoms in total. The van der Waals surface area contributed by atoms with Crippen molar-refractivity contribution < 1.29 is 22.3 Å². The van der Waals surface area contributed by atoms with Crippen LogP contribution >= 0.6 is 0 Å². The van der Waals surface area contributed by atoms with Crippen molar-refractivity contribution in [3.05, 3.63) is 54.0 Å². The Bertz CT molecular complexity index is 893. The molecule has 1 aromatic carbocycles. The van der Waals surface area contributed by atoms with Crippen molar-refractivity contribution in [3.8, 4) is 0 Å². The molecule has 0 aliphatic carbocycles. The van der Waals surface area contributed by atoms with Crippen LogP contribution in [-0.2, 0) is 20.3 Å². The first-order chi connectivity index (χ1) is 12.0. The Morgan fingerprint density at radius 2 is 1.77 bits per heavy atom. The van der Waals surface area contributed by atoms with Crippen molar-refractivity contribution in [2.24, 2.45) is 0 Å². The Kier molecular flexibility index (Phi) is 5.65. The van der Waals surface area contributed by atoms with Crippen molar-refractivity contribution in [2.45, 2.75) is 37.0 Å². The standard InChI is InChI=1S/C18H21FN2O4S/c1-18(2,3)25-17(22)21(4)16-11-10-14(19)15(20-16)12-26(23,24)13-8-6-5-7-9-13/h5-11H,12H2,1-4H3. The van der Waals surface area contributed by atoms with E-state index in [1.807, 2.05) is 0 Å². The van der Waals surface area contributed by atoms with Crippen LogP contribution in [0, 0.1) is 5.82 Å². The number of rotatable bonds is 4. The lowest BCUT2D eigenvalue weighted by atomic mass is 10.2. The zero-order valence-corrected chi connectivity index (χ0v) is 15.9. The average molecular weight is 380 g/mol. The molecule has 0 aliphatic rings. The summed E-state index contributed by atoms with van der Waals surface area (Å²) in [6, 6.07) is 10.1. The second kappa shape index (κ2) is 7.41. The van der Waals surface area contributed by atoms with Gasteiger partial charge in [-0.1, -0.05) is 18.2 Å². The van der Waals surface area contributed by atoms with Gasteiger partial charge in [-0.2, -0.15) is 0 Å². The van der Waals surface area contributed by atoms with Gasteiger partial charge in [0.15, 0.2) is 9.84 Å². The lowest BCUT2D eigenvalue weighted by Gasteiger charge is -2.24. The highest BCUT2D eigenvalue weighted by molar-refractivity contribution is 7.90. The summed E-state index contributed by atoms with van der Waals surface area (Å²) < 4.78 is 44.2. The number of hydrogen-bond acceptors (Lipinski definition) is 5. The fraction of sp³-hybridized carbons (Fsp3) is 0.333. The maximum absolute atomic E-state index is 14.1. The molecule has 0 fully saturated rings. The SMILES string of the molecule is CN(C(=O)OC(C)(C)C)c1ccc(F)c(CS(=O)(=O)c2ccccc2)n1. The molecular formula is C18H21FN2O4S. The molecule has 0 unspecified atom stereocenters. The number of hydrogen-bond donors (Lipinski definition) is 0. The lowest BCUT2D eigenvalue weighted by Crippen LogP contribution is -2.34. The van der Waals surface area contributed by atoms with Gasteiger partial charge in [0.1, 0.15) is 23.0 Å². The van der Waals surface area contributed by atoms with E-state index in [0.29, 0.717) is 0 Å². The number of nitrogens with zero attached hydrogens (tertiary/aromatic N) is 2. The van der Waals surface area contributed by atoms with Crippen molar-refractivity contribution in [3.63, 3.8) is 0 Å². The number of halogens is 1. The van der Waals surface area contributed by atoms with Crippen LogP contribution in [0.25, 0.3) is 0 Å². The van der Waals surface area contributed by atoms with Gasteiger partial charge in [0.05, 0.1) is 10.6 Å². The molecule has 0 atom stereocenters. The van der Waals surface area contributed by atoms with Crippen LogP contribution in [0.3, 0.4) is 0 Å². The largest absolute Gasteiger partial charge is 0.443 e. The smallest absolute Gasteiger partial charge is 0.415 e. The number of sulfone groups is 1. The molecule has 26 heavy (non-hydrogen) atoms. The molecule has 2 aromatic rings. The maximum Gasteiger partial charge on any atom is 0.415 e. The number of amides is 1. The number of benzene rings is 1. The van der Waals surface area contributed by atoms with E-state index in [2.05, 4.69) is 4.98 Å². The Morgan fingerprint density at radius 3 is 2.35 bits per heavy atom. The molecule has 140 valence electrons. The molecule has 8 heteroatoms. The summed E-state index contributed by atoms with van der Waals surface area (Å²) in [4.78, 5) is 17.3. The third kappa shape index (κ3) is 5.01. The molecule has 0 saturated heterocycles. The van der Waals surface area contributed by atoms with Crippen molar-refractivity contribution in [1.29, 1.82) is 0 Å². The van der Waals surface area contributed by atoms with Crippen LogP contribution < -0.4 is 4.90 Å². The van der Waals surface area contributed by atoms with Gasteiger partial charge >= 0.3 is 6.09 Å². The summed E-state index contributed by atoms with van der Waals surface area (Å²) in [5, 5.41) is 0. The van der Waals surface area contributed by atoms with E-state index < -0.39 is 33.1 Å². The van der Waals surface area contributed by atoms with Crippen LogP contribution in [-0.4, -0.2) is 32.1 Å². The number of carbonyl (C=O) groups is 1. The molecule has 0 spiro atoms. The monoisotopic (exact) mass is 380 g/mol. The van der Waals surface area contributed by atoms with E-state index in [-0.39, 0.29) is 16.4 Å². The first kappa shape index (κ1) is 19.8. The zero-order valence-electron chi connectivity index (χ0n) is 15.1. The molecule has 0 saturated carbocycles. The quantitative estimate of drug-likeness (QED) is 0.810. The van der Waals surface area contributed by atoms with E-state index in [1.165, 1.54) is 25.2 Å². The summed E-state index contributed by atoms with van der Waals surface area (Å²) in [5.41, 5.74) is -0.966. The third-order valence-electron chi connectivity index (χ3n) is 3.34. The number of aromatic nitrogens is 1. The van der Waals surface area contributed by atoms with Gasteiger partial charge in [-0.05, 0) is 45.0 Å². The van der Waals surface area contributed by atoms with Gasteiger partial charge in [0.2, 0.25) is 0 Å². The second-order valence-corrected chi connectivity index (χ2v) is 8.70. The van der Waals surface area contributed by atoms with E-state index >= 15 is 0 Å². The van der Waals surface area contributed by atoms with Gasteiger partial charge in [-0.25, -0.2) is 22.6 Å². The van der Waals surface area contributed by atoms with E-state index in [4.69, 9.17) is 4.74 Å². The number of anilines is 1. The Hall–Kier alpha value is -2.48. The highest BCUT2D eigenvalue weighted by Crippen LogP contribution is 2.21. The van der Waals surface area contributed by atoms with Crippen LogP contribution in [0.2, 0.25) is 0 Å². The Morgan fingerprint density at radius 1 is 1.15 bits per heavy atom. The van der Waals surface area contributed by atoms with Crippen LogP contribution in [0.1, 0.15) is 26.5 Å². The fourth-order valence-electron chi connectivity index (χ4n) is 2.08. The number of ether oxygens (including phenoxy) is 1. The Balaban J connectivity index is 2.29. The molecule has 0 aliphatic heterocycles. The lowest BCUT2D eigenvalue weighted by molar-refractivity contribution is 0.0588.